The summed E-state index contributed by atoms with van der Waals surface area (Å²) in [5.74, 6) is 1.42. The number of hydrogen-bond donors (Lipinski definition) is 1. The molecule has 1 aromatic rings. The van der Waals surface area contributed by atoms with Crippen molar-refractivity contribution in [3.05, 3.63) is 28.5 Å². The molecule has 1 aliphatic rings. The molecule has 4 heteroatoms. The largest absolute Gasteiger partial charge is 0.349 e. The molecule has 0 aromatic carbocycles. The van der Waals surface area contributed by atoms with Crippen LogP contribution in [0.3, 0.4) is 0 Å². The maximum Gasteiger partial charge on any atom is 0.254 e. The Balaban J connectivity index is 1.98. The Morgan fingerprint density at radius 3 is 2.83 bits per heavy atom. The minimum absolute atomic E-state index is 0.0262. The molecule has 1 saturated carbocycles. The van der Waals surface area contributed by atoms with Gasteiger partial charge in [0.15, 0.2) is 0 Å². The molecule has 98 valence electrons. The maximum atomic E-state index is 12.1. The number of nitrogens with one attached hydrogen (secondary N) is 1. The smallest absolute Gasteiger partial charge is 0.254 e. The van der Waals surface area contributed by atoms with Gasteiger partial charge in [0, 0.05) is 12.2 Å². The first-order chi connectivity index (χ1) is 8.58. The average molecular weight is 311 g/mol. The molecule has 1 heterocycles. The third-order valence-electron chi connectivity index (χ3n) is 3.94. The van der Waals surface area contributed by atoms with Crippen LogP contribution in [-0.2, 0) is 0 Å². The highest BCUT2D eigenvalue weighted by atomic mass is 79.9. The summed E-state index contributed by atoms with van der Waals surface area (Å²) in [6.07, 6.45) is 5.02. The molecule has 2 rings (SSSR count). The van der Waals surface area contributed by atoms with Gasteiger partial charge >= 0.3 is 0 Å². The van der Waals surface area contributed by atoms with E-state index in [-0.39, 0.29) is 5.91 Å². The number of rotatable bonds is 2. The lowest BCUT2D eigenvalue weighted by atomic mass is 9.79. The minimum Gasteiger partial charge on any atom is -0.349 e. The molecule has 0 radical (unpaired) electrons. The summed E-state index contributed by atoms with van der Waals surface area (Å²) in [5, 5.41) is 3.12. The second-order valence-corrected chi connectivity index (χ2v) is 6.03. The van der Waals surface area contributed by atoms with E-state index in [4.69, 9.17) is 0 Å². The molecule has 1 aromatic heterocycles. The van der Waals surface area contributed by atoms with Gasteiger partial charge in [0.05, 0.1) is 5.56 Å². The summed E-state index contributed by atoms with van der Waals surface area (Å²) < 4.78 is 0.611. The molecule has 0 bridgehead atoms. The molecule has 18 heavy (non-hydrogen) atoms. The van der Waals surface area contributed by atoms with Gasteiger partial charge in [0.25, 0.3) is 5.91 Å². The van der Waals surface area contributed by atoms with Crippen molar-refractivity contribution in [2.24, 2.45) is 11.8 Å². The van der Waals surface area contributed by atoms with E-state index in [1.807, 2.05) is 0 Å². The fourth-order valence-electron chi connectivity index (χ4n) is 2.50. The van der Waals surface area contributed by atoms with Crippen molar-refractivity contribution in [3.8, 4) is 0 Å². The highest BCUT2D eigenvalue weighted by Gasteiger charge is 2.26. The number of nitrogens with zero attached hydrogens (tertiary/aromatic N) is 1. The molecule has 3 atom stereocenters. The Bertz CT molecular complexity index is 436. The number of hydrogen-bond acceptors (Lipinski definition) is 2. The summed E-state index contributed by atoms with van der Waals surface area (Å²) >= 11 is 3.31. The monoisotopic (exact) mass is 310 g/mol. The summed E-state index contributed by atoms with van der Waals surface area (Å²) in [6.45, 7) is 4.56. The van der Waals surface area contributed by atoms with Gasteiger partial charge in [-0.2, -0.15) is 0 Å². The second-order valence-electron chi connectivity index (χ2n) is 5.28. The van der Waals surface area contributed by atoms with Crippen LogP contribution < -0.4 is 5.32 Å². The average Bonchev–Trinajstić information content (AvgIpc) is 2.34. The van der Waals surface area contributed by atoms with Crippen LogP contribution in [0.5, 0.6) is 0 Å². The maximum absolute atomic E-state index is 12.1. The van der Waals surface area contributed by atoms with E-state index < -0.39 is 0 Å². The molecule has 0 spiro atoms. The van der Waals surface area contributed by atoms with Gasteiger partial charge in [-0.1, -0.05) is 13.8 Å². The standard InChI is InChI=1S/C14H19BrN2O/c1-9-5-6-11(8-10(9)2)17-14(18)12-4-3-7-16-13(12)15/h3-4,7,9-11H,5-6,8H2,1-2H3,(H,17,18). The number of pyridine rings is 1. The van der Waals surface area contributed by atoms with Crippen LogP contribution in [0.25, 0.3) is 0 Å². The number of aromatic nitrogens is 1. The zero-order chi connectivity index (χ0) is 13.1. The predicted molar refractivity (Wildman–Crippen MR) is 75.4 cm³/mol. The van der Waals surface area contributed by atoms with Crippen LogP contribution in [0.4, 0.5) is 0 Å². The molecule has 0 aliphatic heterocycles. The number of amides is 1. The molecular formula is C14H19BrN2O. The van der Waals surface area contributed by atoms with E-state index in [1.165, 1.54) is 6.42 Å². The summed E-state index contributed by atoms with van der Waals surface area (Å²) in [5.41, 5.74) is 0.615. The van der Waals surface area contributed by atoms with Crippen molar-refractivity contribution in [1.29, 1.82) is 0 Å². The first-order valence-electron chi connectivity index (χ1n) is 6.49. The molecule has 3 unspecified atom stereocenters. The Morgan fingerprint density at radius 1 is 1.39 bits per heavy atom. The fourth-order valence-corrected chi connectivity index (χ4v) is 2.93. The van der Waals surface area contributed by atoms with Crippen LogP contribution in [0.15, 0.2) is 22.9 Å². The lowest BCUT2D eigenvalue weighted by molar-refractivity contribution is 0.0909. The van der Waals surface area contributed by atoms with Gasteiger partial charge < -0.3 is 5.32 Å². The van der Waals surface area contributed by atoms with Crippen molar-refractivity contribution in [2.45, 2.75) is 39.2 Å². The molecule has 1 amide bonds. The van der Waals surface area contributed by atoms with Crippen molar-refractivity contribution < 1.29 is 4.79 Å². The van der Waals surface area contributed by atoms with Crippen molar-refractivity contribution in [1.82, 2.24) is 10.3 Å². The Labute approximate surface area is 117 Å². The molecule has 1 N–H and O–H groups in total. The van der Waals surface area contributed by atoms with E-state index >= 15 is 0 Å². The predicted octanol–water partition coefficient (Wildman–Crippen LogP) is 3.40. The third kappa shape index (κ3) is 3.10. The first-order valence-corrected chi connectivity index (χ1v) is 7.28. The number of carbonyl (C=O) groups excluding carboxylic acids is 1. The minimum atomic E-state index is -0.0262. The van der Waals surface area contributed by atoms with Crippen LogP contribution >= 0.6 is 15.9 Å². The number of halogens is 1. The van der Waals surface area contributed by atoms with Gasteiger partial charge in [0.2, 0.25) is 0 Å². The van der Waals surface area contributed by atoms with Gasteiger partial charge in [-0.05, 0) is 59.2 Å². The third-order valence-corrected chi connectivity index (χ3v) is 4.57. The van der Waals surface area contributed by atoms with Crippen LogP contribution in [0.2, 0.25) is 0 Å². The quantitative estimate of drug-likeness (QED) is 0.851. The lowest BCUT2D eigenvalue weighted by Crippen LogP contribution is -2.40. The van der Waals surface area contributed by atoms with Crippen LogP contribution in [0, 0.1) is 11.8 Å². The Kier molecular flexibility index (Phi) is 4.38. The second kappa shape index (κ2) is 5.83. The van der Waals surface area contributed by atoms with Crippen molar-refractivity contribution >= 4 is 21.8 Å². The fraction of sp³-hybridized carbons (Fsp3) is 0.571. The van der Waals surface area contributed by atoms with E-state index in [2.05, 4.69) is 40.1 Å². The van der Waals surface area contributed by atoms with E-state index in [9.17, 15) is 4.79 Å². The Hall–Kier alpha value is -0.900. The van der Waals surface area contributed by atoms with Crippen molar-refractivity contribution in [2.75, 3.05) is 0 Å². The zero-order valence-corrected chi connectivity index (χ0v) is 12.4. The molecule has 0 saturated heterocycles. The summed E-state index contributed by atoms with van der Waals surface area (Å²) in [4.78, 5) is 16.2. The summed E-state index contributed by atoms with van der Waals surface area (Å²) in [7, 11) is 0. The highest BCUT2D eigenvalue weighted by molar-refractivity contribution is 9.10. The van der Waals surface area contributed by atoms with E-state index in [0.717, 1.165) is 18.8 Å². The van der Waals surface area contributed by atoms with Gasteiger partial charge in [-0.25, -0.2) is 4.98 Å². The highest BCUT2D eigenvalue weighted by Crippen LogP contribution is 2.29. The van der Waals surface area contributed by atoms with Crippen molar-refractivity contribution in [3.63, 3.8) is 0 Å². The molecule has 1 aliphatic carbocycles. The first kappa shape index (κ1) is 13.5. The Morgan fingerprint density at radius 2 is 2.17 bits per heavy atom. The molecule has 1 fully saturated rings. The molecular weight excluding hydrogens is 292 g/mol. The topological polar surface area (TPSA) is 42.0 Å². The van der Waals surface area contributed by atoms with Gasteiger partial charge in [-0.15, -0.1) is 0 Å². The zero-order valence-electron chi connectivity index (χ0n) is 10.8. The van der Waals surface area contributed by atoms with Crippen LogP contribution in [0.1, 0.15) is 43.5 Å². The summed E-state index contributed by atoms with van der Waals surface area (Å²) in [6, 6.07) is 3.88. The lowest BCUT2D eigenvalue weighted by Gasteiger charge is -2.32. The normalized spacial score (nSPS) is 27.8. The van der Waals surface area contributed by atoms with Gasteiger partial charge in [0.1, 0.15) is 4.60 Å². The van der Waals surface area contributed by atoms with Gasteiger partial charge in [-0.3, -0.25) is 4.79 Å². The van der Waals surface area contributed by atoms with Crippen LogP contribution in [-0.4, -0.2) is 16.9 Å². The van der Waals surface area contributed by atoms with E-state index in [1.54, 1.807) is 18.3 Å². The van der Waals surface area contributed by atoms with E-state index in [0.29, 0.717) is 22.1 Å². The molecule has 3 nitrogen and oxygen atoms in total. The SMILES string of the molecule is CC1CCC(NC(=O)c2cccnc2Br)CC1C. The number of carbonyl (C=O) groups is 1.